The second kappa shape index (κ2) is 7.61. The number of nitrogens with one attached hydrogen (secondary N) is 2. The van der Waals surface area contributed by atoms with Gasteiger partial charge < -0.3 is 10.3 Å². The van der Waals surface area contributed by atoms with Crippen molar-refractivity contribution in [1.82, 2.24) is 14.8 Å². The topological polar surface area (TPSA) is 121 Å². The second-order valence-corrected chi connectivity index (χ2v) is 10.3. The zero-order chi connectivity index (χ0) is 21.5. The lowest BCUT2D eigenvalue weighted by Gasteiger charge is -2.15. The summed E-state index contributed by atoms with van der Waals surface area (Å²) >= 11 is 0. The lowest BCUT2D eigenvalue weighted by molar-refractivity contribution is 0.423. The van der Waals surface area contributed by atoms with E-state index in [-0.39, 0.29) is 22.4 Å². The highest BCUT2D eigenvalue weighted by atomic mass is 32.2. The molecule has 1 aliphatic rings. The van der Waals surface area contributed by atoms with Gasteiger partial charge in [-0.05, 0) is 63.4 Å². The summed E-state index contributed by atoms with van der Waals surface area (Å²) in [6.45, 7) is 3.29. The van der Waals surface area contributed by atoms with Crippen LogP contribution >= 0.6 is 0 Å². The standard InChI is InChI=1S/C21H23N5O3S/c1-13(2)30(28,29)16-8-6-15(7-9-16)24-20-19-18(10-11-23-21(19)27)26(25-20)17-5-3-4-14(17)12-22/h6-11,13-14,17H,3-5H2,1-2H3,(H,23,27)(H,24,25)/t14-,17+/m1/s1. The van der Waals surface area contributed by atoms with Gasteiger partial charge in [0.2, 0.25) is 0 Å². The van der Waals surface area contributed by atoms with Gasteiger partial charge in [0.15, 0.2) is 15.7 Å². The molecule has 0 aliphatic heterocycles. The highest BCUT2D eigenvalue weighted by Crippen LogP contribution is 2.38. The van der Waals surface area contributed by atoms with E-state index in [1.807, 2.05) is 0 Å². The summed E-state index contributed by atoms with van der Waals surface area (Å²) < 4.78 is 26.4. The van der Waals surface area contributed by atoms with Crippen molar-refractivity contribution in [3.8, 4) is 6.07 Å². The van der Waals surface area contributed by atoms with Crippen molar-refractivity contribution in [2.45, 2.75) is 49.3 Å². The fourth-order valence-corrected chi connectivity index (χ4v) is 5.02. The summed E-state index contributed by atoms with van der Waals surface area (Å²) in [6.07, 6.45) is 4.18. The third kappa shape index (κ3) is 3.37. The number of pyridine rings is 1. The largest absolute Gasteiger partial charge is 0.338 e. The maximum Gasteiger partial charge on any atom is 0.261 e. The fraction of sp³-hybridized carbons (Fsp3) is 0.381. The highest BCUT2D eigenvalue weighted by molar-refractivity contribution is 7.92. The first kappa shape index (κ1) is 20.2. The lowest BCUT2D eigenvalue weighted by atomic mass is 10.1. The molecule has 2 atom stereocenters. The number of nitrogens with zero attached hydrogens (tertiary/aromatic N) is 3. The van der Waals surface area contributed by atoms with E-state index in [1.165, 1.54) is 0 Å². The van der Waals surface area contributed by atoms with Crippen molar-refractivity contribution in [2.75, 3.05) is 5.32 Å². The molecule has 1 fully saturated rings. The minimum absolute atomic E-state index is 0.0755. The monoisotopic (exact) mass is 425 g/mol. The number of aromatic amines is 1. The van der Waals surface area contributed by atoms with Crippen LogP contribution in [0.5, 0.6) is 0 Å². The van der Waals surface area contributed by atoms with Crippen molar-refractivity contribution in [1.29, 1.82) is 5.26 Å². The van der Waals surface area contributed by atoms with Crippen LogP contribution in [0.3, 0.4) is 0 Å². The Hall–Kier alpha value is -3.12. The molecule has 0 spiro atoms. The average Bonchev–Trinajstić information content (AvgIpc) is 3.33. The van der Waals surface area contributed by atoms with E-state index in [9.17, 15) is 18.5 Å². The number of sulfone groups is 1. The van der Waals surface area contributed by atoms with Gasteiger partial charge in [-0.3, -0.25) is 9.48 Å². The summed E-state index contributed by atoms with van der Waals surface area (Å²) in [5.41, 5.74) is 1.02. The first-order valence-electron chi connectivity index (χ1n) is 9.93. The lowest BCUT2D eigenvalue weighted by Crippen LogP contribution is -2.14. The zero-order valence-corrected chi connectivity index (χ0v) is 17.6. The van der Waals surface area contributed by atoms with Crippen molar-refractivity contribution in [2.24, 2.45) is 5.92 Å². The minimum atomic E-state index is -3.36. The molecular formula is C21H23N5O3S. The average molecular weight is 426 g/mol. The maximum absolute atomic E-state index is 12.5. The van der Waals surface area contributed by atoms with E-state index in [2.05, 4.69) is 21.5 Å². The molecule has 8 nitrogen and oxygen atoms in total. The molecule has 2 aromatic heterocycles. The number of aromatic nitrogens is 3. The van der Waals surface area contributed by atoms with E-state index < -0.39 is 15.1 Å². The second-order valence-electron chi connectivity index (χ2n) is 7.84. The molecule has 3 aromatic rings. The number of H-pyrrole nitrogens is 1. The number of rotatable bonds is 5. The van der Waals surface area contributed by atoms with Crippen molar-refractivity contribution in [3.05, 3.63) is 46.9 Å². The molecular weight excluding hydrogens is 402 g/mol. The van der Waals surface area contributed by atoms with Crippen LogP contribution in [0, 0.1) is 17.2 Å². The van der Waals surface area contributed by atoms with Gasteiger partial charge in [-0.2, -0.15) is 10.4 Å². The van der Waals surface area contributed by atoms with E-state index in [0.717, 1.165) is 19.3 Å². The zero-order valence-electron chi connectivity index (χ0n) is 16.8. The molecule has 0 radical (unpaired) electrons. The van der Waals surface area contributed by atoms with E-state index in [1.54, 1.807) is 55.1 Å². The Balaban J connectivity index is 1.74. The summed E-state index contributed by atoms with van der Waals surface area (Å²) in [5.74, 6) is 0.246. The third-order valence-corrected chi connectivity index (χ3v) is 7.83. The first-order valence-corrected chi connectivity index (χ1v) is 11.5. The summed E-state index contributed by atoms with van der Waals surface area (Å²) in [5, 5.41) is 17.2. The highest BCUT2D eigenvalue weighted by Gasteiger charge is 2.31. The fourth-order valence-electron chi connectivity index (χ4n) is 3.96. The van der Waals surface area contributed by atoms with E-state index in [4.69, 9.17) is 0 Å². The van der Waals surface area contributed by atoms with Gasteiger partial charge in [0, 0.05) is 11.9 Å². The molecule has 2 heterocycles. The molecule has 2 N–H and O–H groups in total. The molecule has 30 heavy (non-hydrogen) atoms. The Morgan fingerprint density at radius 2 is 1.97 bits per heavy atom. The van der Waals surface area contributed by atoms with E-state index in [0.29, 0.717) is 22.4 Å². The van der Waals surface area contributed by atoms with Gasteiger partial charge in [-0.15, -0.1) is 0 Å². The normalized spacial score (nSPS) is 19.3. The molecule has 0 amide bonds. The molecule has 0 saturated heterocycles. The molecule has 1 saturated carbocycles. The quantitative estimate of drug-likeness (QED) is 0.645. The van der Waals surface area contributed by atoms with Crippen molar-refractivity contribution >= 4 is 32.2 Å². The Morgan fingerprint density at radius 3 is 2.63 bits per heavy atom. The number of hydrogen-bond acceptors (Lipinski definition) is 6. The van der Waals surface area contributed by atoms with Crippen LogP contribution in [0.25, 0.3) is 10.9 Å². The van der Waals surface area contributed by atoms with Crippen LogP contribution in [-0.4, -0.2) is 28.4 Å². The molecule has 1 aliphatic carbocycles. The number of anilines is 2. The van der Waals surface area contributed by atoms with Crippen LogP contribution < -0.4 is 10.9 Å². The molecule has 0 unspecified atom stereocenters. The van der Waals surface area contributed by atoms with Crippen LogP contribution in [0.15, 0.2) is 46.2 Å². The molecule has 1 aromatic carbocycles. The van der Waals surface area contributed by atoms with Gasteiger partial charge in [-0.25, -0.2) is 8.42 Å². The Labute approximate surface area is 174 Å². The van der Waals surface area contributed by atoms with Crippen LogP contribution in [0.4, 0.5) is 11.5 Å². The Morgan fingerprint density at radius 1 is 1.23 bits per heavy atom. The molecule has 9 heteroatoms. The maximum atomic E-state index is 12.5. The number of hydrogen-bond donors (Lipinski definition) is 2. The Kier molecular flexibility index (Phi) is 5.12. The Bertz CT molecular complexity index is 1280. The van der Waals surface area contributed by atoms with Gasteiger partial charge >= 0.3 is 0 Å². The van der Waals surface area contributed by atoms with Gasteiger partial charge in [0.25, 0.3) is 5.56 Å². The van der Waals surface area contributed by atoms with Crippen LogP contribution in [0.1, 0.15) is 39.2 Å². The summed E-state index contributed by atoms with van der Waals surface area (Å²) in [6, 6.07) is 10.5. The smallest absolute Gasteiger partial charge is 0.261 e. The van der Waals surface area contributed by atoms with Crippen molar-refractivity contribution < 1.29 is 8.42 Å². The number of fused-ring (bicyclic) bond motifs is 1. The van der Waals surface area contributed by atoms with Gasteiger partial charge in [0.05, 0.1) is 33.7 Å². The first-order chi connectivity index (χ1) is 14.3. The predicted molar refractivity (Wildman–Crippen MR) is 114 cm³/mol. The molecule has 156 valence electrons. The summed E-state index contributed by atoms with van der Waals surface area (Å²) in [4.78, 5) is 15.5. The number of benzene rings is 1. The number of nitriles is 1. The third-order valence-electron chi connectivity index (χ3n) is 5.66. The van der Waals surface area contributed by atoms with Crippen LogP contribution in [0.2, 0.25) is 0 Å². The SMILES string of the molecule is CC(C)S(=O)(=O)c1ccc(Nc2nn([C@H]3CCC[C@@H]3C#N)c3cc[nH]c(=O)c23)cc1. The van der Waals surface area contributed by atoms with Crippen LogP contribution in [-0.2, 0) is 9.84 Å². The molecule has 0 bridgehead atoms. The molecule has 4 rings (SSSR count). The van der Waals surface area contributed by atoms with Crippen molar-refractivity contribution in [3.63, 3.8) is 0 Å². The van der Waals surface area contributed by atoms with E-state index >= 15 is 0 Å². The predicted octanol–water partition coefficient (Wildman–Crippen LogP) is 3.52. The van der Waals surface area contributed by atoms with Gasteiger partial charge in [0.1, 0.15) is 5.39 Å². The summed E-state index contributed by atoms with van der Waals surface area (Å²) in [7, 11) is -3.36. The van der Waals surface area contributed by atoms with Gasteiger partial charge in [-0.1, -0.05) is 0 Å². The minimum Gasteiger partial charge on any atom is -0.338 e.